The highest BCUT2D eigenvalue weighted by Crippen LogP contribution is 2.14. The number of nitrogens with zero attached hydrogens (tertiary/aromatic N) is 1. The van der Waals surface area contributed by atoms with Crippen molar-refractivity contribution in [1.82, 2.24) is 9.97 Å². The molecule has 2 aromatic rings. The molecule has 0 aliphatic rings. The summed E-state index contributed by atoms with van der Waals surface area (Å²) in [7, 11) is 0. The molecule has 1 aromatic carbocycles. The molecule has 0 aliphatic carbocycles. The van der Waals surface area contributed by atoms with Crippen LogP contribution in [-0.2, 0) is 0 Å². The summed E-state index contributed by atoms with van der Waals surface area (Å²) in [4.78, 5) is 16.4. The van der Waals surface area contributed by atoms with Gasteiger partial charge in [-0.05, 0) is 49.3 Å². The van der Waals surface area contributed by atoms with Gasteiger partial charge < -0.3 is 10.1 Å². The zero-order valence-electron chi connectivity index (χ0n) is 11.0. The monoisotopic (exact) mass is 290 g/mol. The number of H-pyrrole nitrogens is 2. The van der Waals surface area contributed by atoms with Gasteiger partial charge >= 0.3 is 0 Å². The third-order valence-electron chi connectivity index (χ3n) is 2.85. The molecule has 0 radical (unpaired) electrons. The molecule has 0 aliphatic heterocycles. The van der Waals surface area contributed by atoms with Crippen LogP contribution in [0.1, 0.15) is 16.7 Å². The minimum Gasteiger partial charge on any atom is -0.494 e. The van der Waals surface area contributed by atoms with Gasteiger partial charge in [-0.2, -0.15) is 5.10 Å². The minimum atomic E-state index is -0.503. The predicted octanol–water partition coefficient (Wildman–Crippen LogP) is 2.20. The van der Waals surface area contributed by atoms with Crippen molar-refractivity contribution in [2.75, 3.05) is 5.43 Å². The highest BCUT2D eigenvalue weighted by molar-refractivity contribution is 7.71. The van der Waals surface area contributed by atoms with Crippen LogP contribution in [0.3, 0.4) is 0 Å². The molecule has 0 spiro atoms. The molecular formula is C13H14N4O2S. The van der Waals surface area contributed by atoms with E-state index in [1.54, 1.807) is 0 Å². The van der Waals surface area contributed by atoms with E-state index in [2.05, 4.69) is 20.5 Å². The molecule has 104 valence electrons. The second-order valence-electron chi connectivity index (χ2n) is 4.34. The van der Waals surface area contributed by atoms with Gasteiger partial charge in [-0.1, -0.05) is 6.07 Å². The van der Waals surface area contributed by atoms with Crippen LogP contribution in [-0.4, -0.2) is 21.3 Å². The number of benzene rings is 1. The second kappa shape index (κ2) is 5.70. The van der Waals surface area contributed by atoms with Crippen LogP contribution in [0.2, 0.25) is 0 Å². The summed E-state index contributed by atoms with van der Waals surface area (Å²) in [5.41, 5.74) is 5.42. The number of anilines is 1. The zero-order chi connectivity index (χ0) is 14.7. The molecule has 0 saturated carbocycles. The van der Waals surface area contributed by atoms with Crippen LogP contribution in [0.25, 0.3) is 0 Å². The number of aromatic amines is 2. The first-order chi connectivity index (χ1) is 9.47. The lowest BCUT2D eigenvalue weighted by Gasteiger charge is -2.04. The highest BCUT2D eigenvalue weighted by atomic mass is 32.1. The number of hydrogen-bond acceptors (Lipinski definition) is 5. The molecular weight excluding hydrogens is 276 g/mol. The Labute approximate surface area is 120 Å². The van der Waals surface area contributed by atoms with E-state index >= 15 is 0 Å². The molecule has 1 heterocycles. The van der Waals surface area contributed by atoms with E-state index in [4.69, 9.17) is 12.2 Å². The topological polar surface area (TPSA) is 93.3 Å². The maximum atomic E-state index is 11.6. The lowest BCUT2D eigenvalue weighted by Crippen LogP contribution is -2.14. The Hall–Kier alpha value is -2.41. The first-order valence-electron chi connectivity index (χ1n) is 5.89. The number of nitrogens with one attached hydrogen (secondary N) is 3. The first kappa shape index (κ1) is 14.0. The highest BCUT2D eigenvalue weighted by Gasteiger charge is 2.04. The molecule has 7 heteroatoms. The molecule has 2 rings (SSSR count). The SMILES string of the molecule is Cc1ccc(N/N=C/c2c(O)[nH]c(=S)[nH]c2=O)cc1C. The van der Waals surface area contributed by atoms with Crippen molar-refractivity contribution in [2.45, 2.75) is 13.8 Å². The number of aryl methyl sites for hydroxylation is 2. The van der Waals surface area contributed by atoms with Crippen molar-refractivity contribution in [3.8, 4) is 5.88 Å². The molecule has 20 heavy (non-hydrogen) atoms. The van der Waals surface area contributed by atoms with Gasteiger partial charge in [0.15, 0.2) is 4.77 Å². The lowest BCUT2D eigenvalue weighted by molar-refractivity contribution is 0.449. The van der Waals surface area contributed by atoms with Crippen LogP contribution in [0.4, 0.5) is 5.69 Å². The van der Waals surface area contributed by atoms with E-state index in [1.165, 1.54) is 11.8 Å². The van der Waals surface area contributed by atoms with Crippen molar-refractivity contribution in [2.24, 2.45) is 5.10 Å². The van der Waals surface area contributed by atoms with Crippen molar-refractivity contribution < 1.29 is 5.11 Å². The van der Waals surface area contributed by atoms with Crippen LogP contribution in [0, 0.1) is 18.6 Å². The van der Waals surface area contributed by atoms with Gasteiger partial charge in [0.2, 0.25) is 5.88 Å². The Morgan fingerprint density at radius 3 is 2.70 bits per heavy atom. The van der Waals surface area contributed by atoms with Gasteiger partial charge in [0.05, 0.1) is 11.9 Å². The maximum Gasteiger partial charge on any atom is 0.264 e. The van der Waals surface area contributed by atoms with Crippen molar-refractivity contribution >= 4 is 24.1 Å². The van der Waals surface area contributed by atoms with E-state index in [9.17, 15) is 9.90 Å². The van der Waals surface area contributed by atoms with E-state index < -0.39 is 5.56 Å². The summed E-state index contributed by atoms with van der Waals surface area (Å²) >= 11 is 4.73. The molecule has 0 saturated heterocycles. The van der Waals surface area contributed by atoms with Crippen LogP contribution < -0.4 is 11.0 Å². The summed E-state index contributed by atoms with van der Waals surface area (Å²) in [6, 6.07) is 5.79. The molecule has 1 aromatic heterocycles. The second-order valence-corrected chi connectivity index (χ2v) is 4.75. The number of hydrazone groups is 1. The summed E-state index contributed by atoms with van der Waals surface area (Å²) < 4.78 is 0.0618. The molecule has 0 unspecified atom stereocenters. The fourth-order valence-corrected chi connectivity index (χ4v) is 1.78. The number of aromatic hydroxyl groups is 1. The van der Waals surface area contributed by atoms with Crippen LogP contribution in [0.5, 0.6) is 5.88 Å². The van der Waals surface area contributed by atoms with Gasteiger partial charge in [-0.15, -0.1) is 0 Å². The number of aromatic nitrogens is 2. The molecule has 0 amide bonds. The van der Waals surface area contributed by atoms with Crippen molar-refractivity contribution in [1.29, 1.82) is 0 Å². The van der Waals surface area contributed by atoms with E-state index in [1.807, 2.05) is 32.0 Å². The summed E-state index contributed by atoms with van der Waals surface area (Å²) in [5, 5.41) is 13.5. The Morgan fingerprint density at radius 1 is 1.30 bits per heavy atom. The van der Waals surface area contributed by atoms with Crippen molar-refractivity contribution in [3.05, 3.63) is 50.0 Å². The van der Waals surface area contributed by atoms with Gasteiger partial charge in [-0.3, -0.25) is 15.2 Å². The zero-order valence-corrected chi connectivity index (χ0v) is 11.8. The van der Waals surface area contributed by atoms with Gasteiger partial charge in [0.25, 0.3) is 5.56 Å². The van der Waals surface area contributed by atoms with E-state index in [0.29, 0.717) is 0 Å². The minimum absolute atomic E-state index is 0.00920. The maximum absolute atomic E-state index is 11.6. The van der Waals surface area contributed by atoms with Crippen LogP contribution in [0.15, 0.2) is 28.1 Å². The predicted molar refractivity (Wildman–Crippen MR) is 81.0 cm³/mol. The molecule has 0 atom stereocenters. The largest absolute Gasteiger partial charge is 0.494 e. The third kappa shape index (κ3) is 3.12. The van der Waals surface area contributed by atoms with Crippen LogP contribution >= 0.6 is 12.2 Å². The fourth-order valence-electron chi connectivity index (χ4n) is 1.59. The Balaban J connectivity index is 2.20. The lowest BCUT2D eigenvalue weighted by atomic mass is 10.1. The normalized spacial score (nSPS) is 10.9. The van der Waals surface area contributed by atoms with Gasteiger partial charge in [-0.25, -0.2) is 0 Å². The molecule has 0 fully saturated rings. The molecule has 4 N–H and O–H groups in total. The van der Waals surface area contributed by atoms with E-state index in [0.717, 1.165) is 11.3 Å². The van der Waals surface area contributed by atoms with E-state index in [-0.39, 0.29) is 16.2 Å². The Kier molecular flexibility index (Phi) is 3.99. The summed E-state index contributed by atoms with van der Waals surface area (Å²) in [6.07, 6.45) is 1.23. The number of rotatable bonds is 3. The van der Waals surface area contributed by atoms with Crippen molar-refractivity contribution in [3.63, 3.8) is 0 Å². The Morgan fingerprint density at radius 2 is 2.05 bits per heavy atom. The average Bonchev–Trinajstić information content (AvgIpc) is 2.36. The number of hydrogen-bond donors (Lipinski definition) is 4. The Bertz CT molecular complexity index is 777. The van der Waals surface area contributed by atoms with Gasteiger partial charge in [0.1, 0.15) is 5.56 Å². The smallest absolute Gasteiger partial charge is 0.264 e. The quantitative estimate of drug-likeness (QED) is 0.396. The molecule has 6 nitrogen and oxygen atoms in total. The molecule has 0 bridgehead atoms. The third-order valence-corrected chi connectivity index (χ3v) is 3.06. The average molecular weight is 290 g/mol. The van der Waals surface area contributed by atoms with Gasteiger partial charge in [0, 0.05) is 0 Å². The standard InChI is InChI=1S/C13H14N4O2S/c1-7-3-4-9(5-8(7)2)17-14-6-10-11(18)15-13(20)16-12(10)19/h3-6,17H,1-2H3,(H3,15,16,18,19,20)/b14-6+. The fraction of sp³-hybridized carbons (Fsp3) is 0.154. The first-order valence-corrected chi connectivity index (χ1v) is 6.30. The summed E-state index contributed by atoms with van der Waals surface area (Å²) in [6.45, 7) is 4.02. The summed E-state index contributed by atoms with van der Waals surface area (Å²) in [5.74, 6) is -0.315.